The first-order valence-electron chi connectivity index (χ1n) is 6.97. The van der Waals surface area contributed by atoms with E-state index in [1.165, 1.54) is 4.90 Å². The molecule has 0 bridgehead atoms. The molecule has 1 aromatic heterocycles. The maximum atomic E-state index is 13.7. The number of pyridine rings is 1. The Balaban J connectivity index is 1.72. The Hall–Kier alpha value is -1.80. The fourth-order valence-electron chi connectivity index (χ4n) is 2.98. The van der Waals surface area contributed by atoms with Crippen molar-refractivity contribution in [3.05, 3.63) is 29.3 Å². The predicted octanol–water partition coefficient (Wildman–Crippen LogP) is 3.50. The van der Waals surface area contributed by atoms with Crippen LogP contribution in [0.2, 0.25) is 0 Å². The van der Waals surface area contributed by atoms with Crippen LogP contribution in [0.3, 0.4) is 0 Å². The van der Waals surface area contributed by atoms with Crippen molar-refractivity contribution in [3.8, 4) is 0 Å². The van der Waals surface area contributed by atoms with Crippen molar-refractivity contribution in [2.24, 2.45) is 5.41 Å². The van der Waals surface area contributed by atoms with E-state index in [0.717, 1.165) is 6.07 Å². The Bertz CT molecular complexity index is 649. The van der Waals surface area contributed by atoms with E-state index < -0.39 is 40.6 Å². The molecule has 126 valence electrons. The van der Waals surface area contributed by atoms with Gasteiger partial charge in [0, 0.05) is 24.9 Å². The molecule has 1 aliphatic heterocycles. The molecule has 3 nitrogen and oxygen atoms in total. The Morgan fingerprint density at radius 2 is 1.74 bits per heavy atom. The molecule has 9 heteroatoms. The maximum absolute atomic E-state index is 13.7. The molecule has 1 spiro atoms. The van der Waals surface area contributed by atoms with E-state index in [9.17, 15) is 31.1 Å². The predicted molar refractivity (Wildman–Crippen MR) is 66.3 cm³/mol. The number of piperidine rings is 1. The Labute approximate surface area is 127 Å². The fourth-order valence-corrected chi connectivity index (χ4v) is 2.98. The molecule has 2 heterocycles. The summed E-state index contributed by atoms with van der Waals surface area (Å²) in [5, 5.41) is 0. The molecule has 1 saturated carbocycles. The van der Waals surface area contributed by atoms with Crippen LogP contribution < -0.4 is 0 Å². The average molecular weight is 338 g/mol. The number of rotatable bonds is 1. The Kier molecular flexibility index (Phi) is 3.39. The molecule has 3 rings (SSSR count). The van der Waals surface area contributed by atoms with Crippen LogP contribution in [0.4, 0.5) is 26.3 Å². The van der Waals surface area contributed by atoms with Crippen LogP contribution in [-0.2, 0) is 6.18 Å². The molecular formula is C14H12F6N2O. The molecule has 0 N–H and O–H groups in total. The zero-order valence-electron chi connectivity index (χ0n) is 11.8. The zero-order valence-corrected chi connectivity index (χ0v) is 11.8. The standard InChI is InChI=1S/C14H12F6N2O/c15-10-8(1-2-9(21-10)14(18,19)20)11(23)22-5-3-12(4-6-22)7-13(12,16)17/h1-2H,3-7H2. The average Bonchev–Trinajstić information content (AvgIpc) is 2.98. The molecule has 0 aromatic carbocycles. The van der Waals surface area contributed by atoms with Crippen molar-refractivity contribution in [2.45, 2.75) is 31.4 Å². The summed E-state index contributed by atoms with van der Waals surface area (Å²) in [6.45, 7) is 0.0454. The highest BCUT2D eigenvalue weighted by atomic mass is 19.4. The van der Waals surface area contributed by atoms with E-state index in [2.05, 4.69) is 4.98 Å². The second-order valence-electron chi connectivity index (χ2n) is 5.99. The van der Waals surface area contributed by atoms with Gasteiger partial charge in [-0.1, -0.05) is 0 Å². The van der Waals surface area contributed by atoms with Crippen LogP contribution >= 0.6 is 0 Å². The minimum Gasteiger partial charge on any atom is -0.338 e. The van der Waals surface area contributed by atoms with Crippen molar-refractivity contribution < 1.29 is 31.1 Å². The highest BCUT2D eigenvalue weighted by molar-refractivity contribution is 5.94. The lowest BCUT2D eigenvalue weighted by Crippen LogP contribution is -2.41. The summed E-state index contributed by atoms with van der Waals surface area (Å²) in [4.78, 5) is 16.1. The lowest BCUT2D eigenvalue weighted by atomic mass is 9.92. The van der Waals surface area contributed by atoms with Gasteiger partial charge in [0.05, 0.1) is 5.56 Å². The zero-order chi connectivity index (χ0) is 17.0. The molecule has 23 heavy (non-hydrogen) atoms. The smallest absolute Gasteiger partial charge is 0.338 e. The number of halogens is 6. The van der Waals surface area contributed by atoms with Crippen molar-refractivity contribution in [2.75, 3.05) is 13.1 Å². The number of likely N-dealkylation sites (tertiary alicyclic amines) is 1. The van der Waals surface area contributed by atoms with Gasteiger partial charge in [-0.2, -0.15) is 17.6 Å². The van der Waals surface area contributed by atoms with Gasteiger partial charge < -0.3 is 4.90 Å². The first kappa shape index (κ1) is 16.1. The third kappa shape index (κ3) is 2.66. The summed E-state index contributed by atoms with van der Waals surface area (Å²) >= 11 is 0. The van der Waals surface area contributed by atoms with Crippen molar-refractivity contribution in [1.29, 1.82) is 0 Å². The molecule has 1 saturated heterocycles. The first-order chi connectivity index (χ1) is 10.6. The van der Waals surface area contributed by atoms with Gasteiger partial charge in [-0.3, -0.25) is 4.79 Å². The highest BCUT2D eigenvalue weighted by Gasteiger charge is 2.70. The number of carbonyl (C=O) groups is 1. The van der Waals surface area contributed by atoms with Crippen LogP contribution in [-0.4, -0.2) is 34.8 Å². The number of hydrogen-bond acceptors (Lipinski definition) is 2. The number of hydrogen-bond donors (Lipinski definition) is 0. The molecule has 1 aliphatic carbocycles. The number of amides is 1. The van der Waals surface area contributed by atoms with E-state index >= 15 is 0 Å². The highest BCUT2D eigenvalue weighted by Crippen LogP contribution is 2.65. The van der Waals surface area contributed by atoms with Gasteiger partial charge in [0.25, 0.3) is 11.8 Å². The van der Waals surface area contributed by atoms with E-state index in [1.54, 1.807) is 0 Å². The largest absolute Gasteiger partial charge is 0.433 e. The summed E-state index contributed by atoms with van der Waals surface area (Å²) in [5.74, 6) is -5.06. The molecule has 2 fully saturated rings. The van der Waals surface area contributed by atoms with Crippen LogP contribution in [0.1, 0.15) is 35.3 Å². The van der Waals surface area contributed by atoms with Crippen LogP contribution in [0.15, 0.2) is 12.1 Å². The number of nitrogens with zero attached hydrogens (tertiary/aromatic N) is 2. The van der Waals surface area contributed by atoms with E-state index in [1.807, 2.05) is 0 Å². The summed E-state index contributed by atoms with van der Waals surface area (Å²) < 4.78 is 77.5. The van der Waals surface area contributed by atoms with Gasteiger partial charge in [-0.15, -0.1) is 0 Å². The van der Waals surface area contributed by atoms with Gasteiger partial charge in [0.15, 0.2) is 0 Å². The molecular weight excluding hydrogens is 326 g/mol. The fraction of sp³-hybridized carbons (Fsp3) is 0.571. The van der Waals surface area contributed by atoms with Gasteiger partial charge >= 0.3 is 6.18 Å². The first-order valence-corrected chi connectivity index (χ1v) is 6.97. The van der Waals surface area contributed by atoms with Gasteiger partial charge in [-0.25, -0.2) is 13.8 Å². The molecule has 0 atom stereocenters. The maximum Gasteiger partial charge on any atom is 0.433 e. The lowest BCUT2D eigenvalue weighted by molar-refractivity contribution is -0.141. The monoisotopic (exact) mass is 338 g/mol. The van der Waals surface area contributed by atoms with E-state index in [0.29, 0.717) is 6.07 Å². The Morgan fingerprint density at radius 1 is 1.17 bits per heavy atom. The third-order valence-corrected chi connectivity index (χ3v) is 4.59. The lowest BCUT2D eigenvalue weighted by Gasteiger charge is -2.32. The SMILES string of the molecule is O=C(c1ccc(C(F)(F)F)nc1F)N1CCC2(CC1)CC2(F)F. The van der Waals surface area contributed by atoms with Crippen molar-refractivity contribution in [3.63, 3.8) is 0 Å². The van der Waals surface area contributed by atoms with Crippen molar-refractivity contribution >= 4 is 5.91 Å². The van der Waals surface area contributed by atoms with Crippen LogP contribution in [0.25, 0.3) is 0 Å². The molecule has 2 aliphatic rings. The molecule has 0 unspecified atom stereocenters. The summed E-state index contributed by atoms with van der Waals surface area (Å²) in [6, 6.07) is 1.25. The van der Waals surface area contributed by atoms with Gasteiger partial charge in [0.1, 0.15) is 5.69 Å². The Morgan fingerprint density at radius 3 is 2.17 bits per heavy atom. The van der Waals surface area contributed by atoms with Crippen LogP contribution in [0, 0.1) is 11.4 Å². The summed E-state index contributed by atoms with van der Waals surface area (Å²) in [6.07, 6.45) is -4.82. The van der Waals surface area contributed by atoms with E-state index in [-0.39, 0.29) is 32.4 Å². The number of carbonyl (C=O) groups excluding carboxylic acids is 1. The molecule has 0 radical (unpaired) electrons. The number of aromatic nitrogens is 1. The number of alkyl halides is 5. The minimum atomic E-state index is -4.81. The quantitative estimate of drug-likeness (QED) is 0.580. The second kappa shape index (κ2) is 4.85. The topological polar surface area (TPSA) is 33.2 Å². The molecule has 1 aromatic rings. The summed E-state index contributed by atoms with van der Waals surface area (Å²) in [7, 11) is 0. The normalized spacial score (nSPS) is 22.3. The third-order valence-electron chi connectivity index (χ3n) is 4.59. The second-order valence-corrected chi connectivity index (χ2v) is 5.99. The van der Waals surface area contributed by atoms with E-state index in [4.69, 9.17) is 0 Å². The van der Waals surface area contributed by atoms with Crippen LogP contribution in [0.5, 0.6) is 0 Å². The minimum absolute atomic E-state index is 0.0227. The molecule has 1 amide bonds. The van der Waals surface area contributed by atoms with Gasteiger partial charge in [0.2, 0.25) is 5.95 Å². The van der Waals surface area contributed by atoms with Crippen molar-refractivity contribution in [1.82, 2.24) is 9.88 Å². The van der Waals surface area contributed by atoms with Gasteiger partial charge in [-0.05, 0) is 25.0 Å². The summed E-state index contributed by atoms with van der Waals surface area (Å²) in [5.41, 5.74) is -3.08.